The lowest BCUT2D eigenvalue weighted by atomic mass is 9.77. The SMILES string of the molecule is CCCCc1nc(Cl)c(CSc2ccc(NO)c(N(C)C(=O)OC(C)(C)C)c2)n1Cc1ccc(-c2ccccc2-c2nnnn2C(c2ccccc2)(c2ccccc2)c2ccccc2)cc1. The first-order valence-corrected chi connectivity index (χ1v) is 23.4. The van der Waals surface area contributed by atoms with Crippen molar-refractivity contribution in [1.29, 1.82) is 0 Å². The Bertz CT molecular complexity index is 2790. The largest absolute Gasteiger partial charge is 0.443 e. The topological polar surface area (TPSA) is 123 Å². The fraction of sp³-hybridized carbons (Fsp3) is 0.226. The first kappa shape index (κ1) is 45.8. The van der Waals surface area contributed by atoms with Gasteiger partial charge < -0.3 is 9.30 Å². The minimum absolute atomic E-state index is 0.377. The van der Waals surface area contributed by atoms with Gasteiger partial charge in [-0.1, -0.05) is 164 Å². The Kier molecular flexibility index (Phi) is 14.0. The number of carbonyl (C=O) groups is 1. The standard InChI is InChI=1S/C53H53ClN8O3S/c1-6-7-27-48-55-49(54)47(36-66-42-32-33-45(57-64)46(34-42)60(5)51(63)65-52(2,3)4)61(48)35-37-28-30-38(31-29-37)43-25-17-18-26-44(43)50-56-58-59-62(50)53(39-19-11-8-12-20-39,40-21-13-9-14-22-40)41-23-15-10-16-24-41/h8-26,28-34,57,64H,6-7,27,35-36H2,1-5H3. The molecule has 1 amide bonds. The average molecular weight is 918 g/mol. The number of hydrogen-bond acceptors (Lipinski definition) is 9. The fourth-order valence-corrected chi connectivity index (χ4v) is 9.60. The highest BCUT2D eigenvalue weighted by molar-refractivity contribution is 7.98. The number of aryl methyl sites for hydroxylation is 1. The van der Waals surface area contributed by atoms with E-state index in [1.807, 2.05) is 67.9 Å². The van der Waals surface area contributed by atoms with Crippen LogP contribution in [0.5, 0.6) is 0 Å². The summed E-state index contributed by atoms with van der Waals surface area (Å²) >= 11 is 8.52. The van der Waals surface area contributed by atoms with Crippen LogP contribution in [0.15, 0.2) is 163 Å². The van der Waals surface area contributed by atoms with E-state index in [0.717, 1.165) is 74.6 Å². The maximum Gasteiger partial charge on any atom is 0.414 e. The number of nitrogens with zero attached hydrogens (tertiary/aromatic N) is 7. The van der Waals surface area contributed by atoms with Crippen molar-refractivity contribution in [2.24, 2.45) is 0 Å². The minimum atomic E-state index is -0.893. The second-order valence-corrected chi connectivity index (χ2v) is 18.4. The van der Waals surface area contributed by atoms with Gasteiger partial charge in [0, 0.05) is 36.2 Å². The van der Waals surface area contributed by atoms with E-state index >= 15 is 0 Å². The number of unbranched alkanes of at least 4 members (excludes halogenated alkanes) is 1. The number of nitrogens with one attached hydrogen (secondary N) is 1. The summed E-state index contributed by atoms with van der Waals surface area (Å²) in [6.45, 7) is 8.18. The van der Waals surface area contributed by atoms with Crippen molar-refractivity contribution in [3.05, 3.63) is 197 Å². The number of anilines is 2. The van der Waals surface area contributed by atoms with Gasteiger partial charge in [-0.05, 0) is 89.2 Å². The summed E-state index contributed by atoms with van der Waals surface area (Å²) < 4.78 is 9.80. The Balaban J connectivity index is 1.11. The zero-order valence-electron chi connectivity index (χ0n) is 37.7. The molecule has 8 rings (SSSR count). The lowest BCUT2D eigenvalue weighted by Crippen LogP contribution is -2.39. The summed E-state index contributed by atoms with van der Waals surface area (Å²) in [7, 11) is 1.62. The Morgan fingerprint density at radius 2 is 1.39 bits per heavy atom. The first-order chi connectivity index (χ1) is 32.0. The van der Waals surface area contributed by atoms with Crippen molar-refractivity contribution >= 4 is 40.8 Å². The van der Waals surface area contributed by atoms with Gasteiger partial charge in [0.15, 0.2) is 11.0 Å². The van der Waals surface area contributed by atoms with E-state index in [1.54, 1.807) is 24.9 Å². The minimum Gasteiger partial charge on any atom is -0.443 e. The summed E-state index contributed by atoms with van der Waals surface area (Å²) in [5.41, 5.74) is 9.48. The molecule has 336 valence electrons. The molecule has 0 saturated heterocycles. The lowest BCUT2D eigenvalue weighted by Gasteiger charge is -2.36. The van der Waals surface area contributed by atoms with Gasteiger partial charge in [0.1, 0.15) is 17.0 Å². The summed E-state index contributed by atoms with van der Waals surface area (Å²) in [6, 6.07) is 53.6. The first-order valence-electron chi connectivity index (χ1n) is 22.0. The van der Waals surface area contributed by atoms with Gasteiger partial charge in [0.05, 0.1) is 17.1 Å². The predicted octanol–water partition coefficient (Wildman–Crippen LogP) is 12.6. The van der Waals surface area contributed by atoms with Crippen molar-refractivity contribution in [2.75, 3.05) is 17.4 Å². The second kappa shape index (κ2) is 20.2. The third-order valence-electron chi connectivity index (χ3n) is 11.5. The number of thioether (sulfide) groups is 1. The number of hydrogen-bond donors (Lipinski definition) is 2. The number of imidazole rings is 1. The number of amides is 1. The van der Waals surface area contributed by atoms with Crippen LogP contribution in [0.25, 0.3) is 22.5 Å². The van der Waals surface area contributed by atoms with Crippen LogP contribution < -0.4 is 10.4 Å². The van der Waals surface area contributed by atoms with Crippen molar-refractivity contribution in [2.45, 2.75) is 75.3 Å². The monoisotopic (exact) mass is 916 g/mol. The van der Waals surface area contributed by atoms with Crippen LogP contribution in [0.2, 0.25) is 5.15 Å². The van der Waals surface area contributed by atoms with Crippen molar-refractivity contribution < 1.29 is 14.7 Å². The van der Waals surface area contributed by atoms with E-state index in [9.17, 15) is 10.0 Å². The molecule has 0 aliphatic carbocycles. The Morgan fingerprint density at radius 3 is 1.97 bits per heavy atom. The summed E-state index contributed by atoms with van der Waals surface area (Å²) in [5, 5.41) is 24.3. The third-order valence-corrected chi connectivity index (χ3v) is 12.8. The summed E-state index contributed by atoms with van der Waals surface area (Å²) in [5.74, 6) is 2.09. The molecule has 6 aromatic carbocycles. The molecule has 66 heavy (non-hydrogen) atoms. The van der Waals surface area contributed by atoms with E-state index in [1.165, 1.54) is 4.90 Å². The van der Waals surface area contributed by atoms with Crippen molar-refractivity contribution in [1.82, 2.24) is 29.8 Å². The third kappa shape index (κ3) is 9.62. The number of ether oxygens (including phenoxy) is 1. The molecular formula is C53H53ClN8O3S. The Labute approximate surface area is 395 Å². The number of rotatable bonds is 16. The van der Waals surface area contributed by atoms with Crippen LogP contribution in [0.4, 0.5) is 16.2 Å². The Morgan fingerprint density at radius 1 is 0.803 bits per heavy atom. The highest BCUT2D eigenvalue weighted by atomic mass is 35.5. The molecule has 0 aliphatic rings. The number of tetrazole rings is 1. The smallest absolute Gasteiger partial charge is 0.414 e. The Hall–Kier alpha value is -6.73. The van der Waals surface area contributed by atoms with Crippen LogP contribution in [0.1, 0.15) is 74.3 Å². The number of aromatic nitrogens is 6. The van der Waals surface area contributed by atoms with E-state index in [0.29, 0.717) is 34.6 Å². The number of benzene rings is 6. The van der Waals surface area contributed by atoms with Crippen molar-refractivity contribution in [3.63, 3.8) is 0 Å². The molecule has 2 heterocycles. The molecule has 8 aromatic rings. The molecule has 0 radical (unpaired) electrons. The van der Waals surface area contributed by atoms with E-state index in [2.05, 4.69) is 131 Å². The summed E-state index contributed by atoms with van der Waals surface area (Å²) in [6.07, 6.45) is 2.26. The van der Waals surface area contributed by atoms with Crippen LogP contribution in [0.3, 0.4) is 0 Å². The van der Waals surface area contributed by atoms with Gasteiger partial charge in [-0.2, -0.15) is 0 Å². The highest BCUT2D eigenvalue weighted by Gasteiger charge is 2.42. The van der Waals surface area contributed by atoms with Crippen LogP contribution in [0, 0.1) is 0 Å². The van der Waals surface area contributed by atoms with E-state index in [-0.39, 0.29) is 0 Å². The molecule has 13 heteroatoms. The highest BCUT2D eigenvalue weighted by Crippen LogP contribution is 2.43. The molecule has 0 unspecified atom stereocenters. The predicted molar refractivity (Wildman–Crippen MR) is 264 cm³/mol. The van der Waals surface area contributed by atoms with Crippen LogP contribution >= 0.6 is 23.4 Å². The molecule has 0 spiro atoms. The second-order valence-electron chi connectivity index (χ2n) is 17.0. The van der Waals surface area contributed by atoms with Gasteiger partial charge in [-0.15, -0.1) is 16.9 Å². The fourth-order valence-electron chi connectivity index (χ4n) is 8.30. The maximum absolute atomic E-state index is 13.0. The maximum atomic E-state index is 13.0. The number of halogens is 1. The number of carbonyl (C=O) groups excluding carboxylic acids is 1. The van der Waals surface area contributed by atoms with Gasteiger partial charge in [0.25, 0.3) is 0 Å². The molecule has 11 nitrogen and oxygen atoms in total. The average Bonchev–Trinajstić information content (AvgIpc) is 3.94. The molecule has 0 aliphatic heterocycles. The normalized spacial score (nSPS) is 11.7. The van der Waals surface area contributed by atoms with E-state index in [4.69, 9.17) is 31.6 Å². The van der Waals surface area contributed by atoms with Gasteiger partial charge in [-0.25, -0.2) is 14.5 Å². The molecular weight excluding hydrogens is 864 g/mol. The van der Waals surface area contributed by atoms with Crippen LogP contribution in [-0.4, -0.2) is 53.7 Å². The molecule has 2 N–H and O–H groups in total. The van der Waals surface area contributed by atoms with Gasteiger partial charge >= 0.3 is 6.09 Å². The zero-order valence-corrected chi connectivity index (χ0v) is 39.3. The molecule has 0 bridgehead atoms. The molecule has 2 aromatic heterocycles. The molecule has 0 atom stereocenters. The lowest BCUT2D eigenvalue weighted by molar-refractivity contribution is 0.0589. The van der Waals surface area contributed by atoms with Crippen molar-refractivity contribution in [3.8, 4) is 22.5 Å². The molecule has 0 fully saturated rings. The van der Waals surface area contributed by atoms with Crippen LogP contribution in [-0.2, 0) is 29.0 Å². The van der Waals surface area contributed by atoms with Gasteiger partial charge in [0.2, 0.25) is 0 Å². The quantitative estimate of drug-likeness (QED) is 0.0554. The van der Waals surface area contributed by atoms with Gasteiger partial charge in [-0.3, -0.25) is 15.6 Å². The zero-order chi connectivity index (χ0) is 46.3. The molecule has 0 saturated carbocycles. The van der Waals surface area contributed by atoms with E-state index < -0.39 is 17.2 Å². The summed E-state index contributed by atoms with van der Waals surface area (Å²) in [4.78, 5) is 20.1.